The Morgan fingerprint density at radius 3 is 2.67 bits per heavy atom. The Kier molecular flexibility index (Phi) is 3.43. The summed E-state index contributed by atoms with van der Waals surface area (Å²) < 4.78 is 19.0. The molecule has 1 aliphatic rings. The predicted molar refractivity (Wildman–Crippen MR) is 67.4 cm³/mol. The molecule has 1 saturated heterocycles. The molecule has 1 atom stereocenters. The molecule has 0 aliphatic carbocycles. The number of amides is 1. The van der Waals surface area contributed by atoms with Crippen LogP contribution in [0.2, 0.25) is 10.0 Å². The molecule has 98 valence electrons. The van der Waals surface area contributed by atoms with Crippen LogP contribution in [-0.2, 0) is 4.74 Å². The van der Waals surface area contributed by atoms with Gasteiger partial charge in [-0.1, -0.05) is 37.0 Å². The Bertz CT molecular complexity index is 505. The van der Waals surface area contributed by atoms with Crippen molar-refractivity contribution in [3.05, 3.63) is 33.6 Å². The van der Waals surface area contributed by atoms with Crippen molar-refractivity contribution < 1.29 is 13.9 Å². The fourth-order valence-corrected chi connectivity index (χ4v) is 2.38. The molecule has 3 nitrogen and oxygen atoms in total. The van der Waals surface area contributed by atoms with Gasteiger partial charge in [0.2, 0.25) is 0 Å². The van der Waals surface area contributed by atoms with Crippen LogP contribution in [0, 0.1) is 11.2 Å². The molecule has 6 heteroatoms. The third-order valence-electron chi connectivity index (χ3n) is 2.99. The van der Waals surface area contributed by atoms with E-state index in [1.807, 2.05) is 13.8 Å². The minimum Gasteiger partial charge on any atom is -0.449 e. The summed E-state index contributed by atoms with van der Waals surface area (Å²) in [5.74, 6) is -0.607. The van der Waals surface area contributed by atoms with Crippen molar-refractivity contribution in [2.45, 2.75) is 19.9 Å². The molecular formula is C12H12Cl2FNO2. The normalized spacial score (nSPS) is 22.3. The lowest BCUT2D eigenvalue weighted by Gasteiger charge is -2.39. The third kappa shape index (κ3) is 2.27. The number of ether oxygens (including phenoxy) is 1. The molecular weight excluding hydrogens is 280 g/mol. The van der Waals surface area contributed by atoms with Crippen molar-refractivity contribution >= 4 is 29.3 Å². The molecule has 18 heavy (non-hydrogen) atoms. The van der Waals surface area contributed by atoms with Crippen molar-refractivity contribution in [2.24, 2.45) is 5.41 Å². The van der Waals surface area contributed by atoms with Gasteiger partial charge in [0.1, 0.15) is 12.4 Å². The second-order valence-corrected chi connectivity index (χ2v) is 5.71. The van der Waals surface area contributed by atoms with Crippen molar-refractivity contribution in [3.63, 3.8) is 0 Å². The number of alkyl carbamates (subject to hydrolysis) is 1. The molecule has 0 unspecified atom stereocenters. The van der Waals surface area contributed by atoms with Gasteiger partial charge in [-0.25, -0.2) is 9.18 Å². The van der Waals surface area contributed by atoms with Crippen LogP contribution in [-0.4, -0.2) is 12.7 Å². The zero-order valence-electron chi connectivity index (χ0n) is 9.89. The Hall–Kier alpha value is -1.000. The van der Waals surface area contributed by atoms with Crippen LogP contribution in [0.4, 0.5) is 9.18 Å². The van der Waals surface area contributed by atoms with Crippen molar-refractivity contribution in [2.75, 3.05) is 6.61 Å². The molecule has 1 amide bonds. The van der Waals surface area contributed by atoms with Gasteiger partial charge in [0, 0.05) is 16.0 Å². The number of rotatable bonds is 1. The highest BCUT2D eigenvalue weighted by molar-refractivity contribution is 6.33. The molecule has 1 aliphatic heterocycles. The Balaban J connectivity index is 2.52. The van der Waals surface area contributed by atoms with E-state index >= 15 is 0 Å². The number of hydrogen-bond acceptors (Lipinski definition) is 2. The summed E-state index contributed by atoms with van der Waals surface area (Å²) in [6.45, 7) is 3.90. The first-order valence-electron chi connectivity index (χ1n) is 5.39. The average molecular weight is 292 g/mol. The van der Waals surface area contributed by atoms with Crippen LogP contribution >= 0.6 is 23.2 Å². The van der Waals surface area contributed by atoms with Gasteiger partial charge in [-0.15, -0.1) is 0 Å². The van der Waals surface area contributed by atoms with Gasteiger partial charge < -0.3 is 10.1 Å². The van der Waals surface area contributed by atoms with E-state index in [4.69, 9.17) is 27.9 Å². The molecule has 0 bridgehead atoms. The highest BCUT2D eigenvalue weighted by Gasteiger charge is 2.40. The molecule has 1 heterocycles. The first-order chi connectivity index (χ1) is 8.33. The fraction of sp³-hybridized carbons (Fsp3) is 0.417. The molecule has 0 aromatic heterocycles. The fourth-order valence-electron chi connectivity index (χ4n) is 1.96. The van der Waals surface area contributed by atoms with Crippen LogP contribution < -0.4 is 5.32 Å². The van der Waals surface area contributed by atoms with Crippen LogP contribution in [0.15, 0.2) is 12.1 Å². The van der Waals surface area contributed by atoms with Crippen LogP contribution in [0.1, 0.15) is 25.5 Å². The van der Waals surface area contributed by atoms with E-state index in [9.17, 15) is 9.18 Å². The Morgan fingerprint density at radius 2 is 2.00 bits per heavy atom. The standard InChI is InChI=1S/C12H12Cl2FNO2/c1-12(2)5-18-11(17)16-10(12)8-6(13)3-4-7(14)9(8)15/h3-4,10H,5H2,1-2H3,(H,16,17)/t10-/m0/s1. The minimum absolute atomic E-state index is 0.0223. The zero-order chi connectivity index (χ0) is 13.5. The van der Waals surface area contributed by atoms with Crippen LogP contribution in [0.3, 0.4) is 0 Å². The summed E-state index contributed by atoms with van der Waals surface area (Å²) >= 11 is 11.8. The third-order valence-corrected chi connectivity index (χ3v) is 3.61. The van der Waals surface area contributed by atoms with Gasteiger partial charge in [-0.3, -0.25) is 0 Å². The molecule has 0 saturated carbocycles. The van der Waals surface area contributed by atoms with Gasteiger partial charge in [0.15, 0.2) is 0 Å². The monoisotopic (exact) mass is 291 g/mol. The summed E-state index contributed by atoms with van der Waals surface area (Å²) in [6.07, 6.45) is -0.588. The number of benzene rings is 1. The number of cyclic esters (lactones) is 1. The molecule has 2 rings (SSSR count). The second kappa shape index (κ2) is 4.59. The first kappa shape index (κ1) is 13.4. The number of halogens is 3. The maximum Gasteiger partial charge on any atom is 0.407 e. The van der Waals surface area contributed by atoms with E-state index in [1.54, 1.807) is 0 Å². The lowest BCUT2D eigenvalue weighted by Crippen LogP contribution is -2.47. The van der Waals surface area contributed by atoms with Gasteiger partial charge in [0.05, 0.1) is 11.1 Å². The van der Waals surface area contributed by atoms with E-state index < -0.39 is 23.4 Å². The predicted octanol–water partition coefficient (Wildman–Crippen LogP) is 3.94. The second-order valence-electron chi connectivity index (χ2n) is 4.90. The largest absolute Gasteiger partial charge is 0.449 e. The Morgan fingerprint density at radius 1 is 1.39 bits per heavy atom. The van der Waals surface area contributed by atoms with E-state index in [-0.39, 0.29) is 22.2 Å². The summed E-state index contributed by atoms with van der Waals surface area (Å²) in [6, 6.07) is 2.32. The molecule has 1 aromatic rings. The number of carbonyl (C=O) groups is 1. The van der Waals surface area contributed by atoms with Crippen molar-refractivity contribution in [3.8, 4) is 0 Å². The molecule has 0 spiro atoms. The maximum atomic E-state index is 14.1. The maximum absolute atomic E-state index is 14.1. The van der Waals surface area contributed by atoms with Gasteiger partial charge in [-0.2, -0.15) is 0 Å². The Labute approximate surface area is 114 Å². The first-order valence-corrected chi connectivity index (χ1v) is 6.15. The van der Waals surface area contributed by atoms with Crippen molar-refractivity contribution in [1.29, 1.82) is 0 Å². The molecule has 0 radical (unpaired) electrons. The topological polar surface area (TPSA) is 38.3 Å². The lowest BCUT2D eigenvalue weighted by molar-refractivity contribution is 0.0378. The number of carbonyl (C=O) groups excluding carboxylic acids is 1. The zero-order valence-corrected chi connectivity index (χ0v) is 11.4. The SMILES string of the molecule is CC1(C)COC(=O)N[C@H]1c1c(Cl)ccc(Cl)c1F. The van der Waals surface area contributed by atoms with E-state index in [1.165, 1.54) is 12.1 Å². The van der Waals surface area contributed by atoms with Crippen LogP contribution in [0.25, 0.3) is 0 Å². The smallest absolute Gasteiger partial charge is 0.407 e. The summed E-state index contributed by atoms with van der Waals surface area (Å²) in [5, 5.41) is 2.80. The summed E-state index contributed by atoms with van der Waals surface area (Å²) in [7, 11) is 0. The highest BCUT2D eigenvalue weighted by atomic mass is 35.5. The molecule has 1 N–H and O–H groups in total. The summed E-state index contributed by atoms with van der Waals surface area (Å²) in [5.41, 5.74) is -0.283. The summed E-state index contributed by atoms with van der Waals surface area (Å²) in [4.78, 5) is 11.3. The lowest BCUT2D eigenvalue weighted by atomic mass is 9.80. The van der Waals surface area contributed by atoms with E-state index in [0.29, 0.717) is 0 Å². The molecule has 1 fully saturated rings. The number of hydrogen-bond donors (Lipinski definition) is 1. The van der Waals surface area contributed by atoms with E-state index in [2.05, 4.69) is 5.32 Å². The van der Waals surface area contributed by atoms with E-state index in [0.717, 1.165) is 0 Å². The minimum atomic E-state index is -0.607. The highest BCUT2D eigenvalue weighted by Crippen LogP contribution is 2.41. The van der Waals surface area contributed by atoms with Crippen LogP contribution in [0.5, 0.6) is 0 Å². The van der Waals surface area contributed by atoms with Gasteiger partial charge in [0.25, 0.3) is 0 Å². The average Bonchev–Trinajstić information content (AvgIpc) is 2.29. The number of nitrogens with one attached hydrogen (secondary N) is 1. The molecule has 1 aromatic carbocycles. The quantitative estimate of drug-likeness (QED) is 0.796. The van der Waals surface area contributed by atoms with Crippen molar-refractivity contribution in [1.82, 2.24) is 5.32 Å². The van der Waals surface area contributed by atoms with Gasteiger partial charge in [-0.05, 0) is 12.1 Å². The van der Waals surface area contributed by atoms with Gasteiger partial charge >= 0.3 is 6.09 Å².